The van der Waals surface area contributed by atoms with Crippen LogP contribution in [0.2, 0.25) is 0 Å². The van der Waals surface area contributed by atoms with E-state index in [4.69, 9.17) is 15.5 Å². The van der Waals surface area contributed by atoms with Gasteiger partial charge in [0.1, 0.15) is 5.82 Å². The first-order chi connectivity index (χ1) is 13.3. The van der Waals surface area contributed by atoms with E-state index >= 15 is 0 Å². The summed E-state index contributed by atoms with van der Waals surface area (Å²) in [4.78, 5) is 16.4. The number of para-hydroxylation sites is 1. The lowest BCUT2D eigenvalue weighted by molar-refractivity contribution is 0.0378. The van der Waals surface area contributed by atoms with Crippen molar-refractivity contribution in [1.29, 1.82) is 0 Å². The van der Waals surface area contributed by atoms with E-state index in [0.29, 0.717) is 17.6 Å². The molecule has 1 aromatic carbocycles. The van der Waals surface area contributed by atoms with Crippen LogP contribution >= 0.6 is 0 Å². The average Bonchev–Trinajstić information content (AvgIpc) is 3.11. The van der Waals surface area contributed by atoms with Gasteiger partial charge in [-0.1, -0.05) is 18.2 Å². The van der Waals surface area contributed by atoms with E-state index in [1.54, 1.807) is 0 Å². The van der Waals surface area contributed by atoms with E-state index < -0.39 is 0 Å². The molecule has 6 nitrogen and oxygen atoms in total. The molecule has 1 fully saturated rings. The van der Waals surface area contributed by atoms with E-state index in [1.165, 1.54) is 6.42 Å². The van der Waals surface area contributed by atoms with Gasteiger partial charge >= 0.3 is 0 Å². The van der Waals surface area contributed by atoms with Crippen molar-refractivity contribution in [2.24, 2.45) is 5.92 Å². The number of aromatic nitrogens is 3. The molecule has 2 aromatic heterocycles. The number of nitrogens with two attached hydrogens (primary N) is 1. The molecule has 4 heterocycles. The van der Waals surface area contributed by atoms with Gasteiger partial charge in [0.25, 0.3) is 0 Å². The van der Waals surface area contributed by atoms with Crippen molar-refractivity contribution < 1.29 is 4.74 Å². The number of anilines is 1. The Bertz CT molecular complexity index is 983. The molecule has 0 spiro atoms. The van der Waals surface area contributed by atoms with Crippen LogP contribution in [0.15, 0.2) is 36.5 Å². The van der Waals surface area contributed by atoms with Crippen LogP contribution in [0.5, 0.6) is 0 Å². The van der Waals surface area contributed by atoms with Gasteiger partial charge in [-0.3, -0.25) is 9.88 Å². The molecule has 0 aliphatic carbocycles. The zero-order chi connectivity index (χ0) is 18.2. The Labute approximate surface area is 158 Å². The monoisotopic (exact) mass is 361 g/mol. The van der Waals surface area contributed by atoms with E-state index in [0.717, 1.165) is 67.0 Å². The van der Waals surface area contributed by atoms with Crippen molar-refractivity contribution in [1.82, 2.24) is 19.9 Å². The lowest BCUT2D eigenvalue weighted by atomic mass is 10.0. The van der Waals surface area contributed by atoms with Crippen LogP contribution in [0.1, 0.15) is 24.1 Å². The largest absolute Gasteiger partial charge is 0.383 e. The highest BCUT2D eigenvalue weighted by Crippen LogP contribution is 2.30. The Morgan fingerprint density at radius 3 is 3.00 bits per heavy atom. The second-order valence-electron chi connectivity index (χ2n) is 7.53. The first kappa shape index (κ1) is 16.6. The summed E-state index contributed by atoms with van der Waals surface area (Å²) >= 11 is 0. The highest BCUT2D eigenvalue weighted by molar-refractivity contribution is 5.82. The van der Waals surface area contributed by atoms with Gasteiger partial charge in [-0.25, -0.2) is 9.97 Å². The van der Waals surface area contributed by atoms with Gasteiger partial charge in [0.2, 0.25) is 0 Å². The molecule has 1 saturated heterocycles. The van der Waals surface area contributed by atoms with Gasteiger partial charge in [0, 0.05) is 49.0 Å². The Morgan fingerprint density at radius 2 is 2.11 bits per heavy atom. The van der Waals surface area contributed by atoms with E-state index in [9.17, 15) is 0 Å². The number of benzene rings is 1. The molecular weight excluding hydrogens is 338 g/mol. The highest BCUT2D eigenvalue weighted by Gasteiger charge is 2.27. The fraction of sp³-hybridized carbons (Fsp3) is 0.381. The van der Waals surface area contributed by atoms with Gasteiger partial charge in [0.15, 0.2) is 5.82 Å². The van der Waals surface area contributed by atoms with Gasteiger partial charge in [-0.15, -0.1) is 0 Å². The summed E-state index contributed by atoms with van der Waals surface area (Å²) in [5, 5.41) is 1.08. The van der Waals surface area contributed by atoms with Gasteiger partial charge in [-0.05, 0) is 30.9 Å². The Hall–Kier alpha value is -2.57. The normalized spacial score (nSPS) is 20.1. The lowest BCUT2D eigenvalue weighted by Gasteiger charge is -2.26. The van der Waals surface area contributed by atoms with Gasteiger partial charge in [-0.2, -0.15) is 0 Å². The van der Waals surface area contributed by atoms with E-state index in [1.807, 2.05) is 24.4 Å². The second-order valence-corrected chi connectivity index (χ2v) is 7.53. The summed E-state index contributed by atoms with van der Waals surface area (Å²) in [6, 6.07) is 10.1. The van der Waals surface area contributed by atoms with Crippen LogP contribution in [-0.4, -0.2) is 39.6 Å². The summed E-state index contributed by atoms with van der Waals surface area (Å²) in [6.07, 6.45) is 4.23. The van der Waals surface area contributed by atoms with Crippen molar-refractivity contribution in [2.45, 2.75) is 25.9 Å². The summed E-state index contributed by atoms with van der Waals surface area (Å²) in [6.45, 7) is 4.45. The van der Waals surface area contributed by atoms with Crippen molar-refractivity contribution in [3.05, 3.63) is 47.8 Å². The van der Waals surface area contributed by atoms with Crippen molar-refractivity contribution >= 4 is 16.7 Å². The van der Waals surface area contributed by atoms with Crippen LogP contribution in [0.25, 0.3) is 22.3 Å². The first-order valence-electron chi connectivity index (χ1n) is 9.57. The molecule has 2 aliphatic heterocycles. The number of rotatable bonds is 3. The van der Waals surface area contributed by atoms with Crippen LogP contribution in [0.4, 0.5) is 5.82 Å². The molecule has 0 bridgehead atoms. The number of pyridine rings is 1. The van der Waals surface area contributed by atoms with Crippen molar-refractivity contribution in [3.63, 3.8) is 0 Å². The molecule has 2 N–H and O–H groups in total. The predicted molar refractivity (Wildman–Crippen MR) is 105 cm³/mol. The number of fused-ring (bicyclic) bond motifs is 2. The third kappa shape index (κ3) is 3.26. The zero-order valence-electron chi connectivity index (χ0n) is 15.3. The molecule has 2 aliphatic rings. The third-order valence-corrected chi connectivity index (χ3v) is 5.50. The minimum absolute atomic E-state index is 0.588. The van der Waals surface area contributed by atoms with Crippen LogP contribution < -0.4 is 5.73 Å². The Balaban J connectivity index is 1.41. The lowest BCUT2D eigenvalue weighted by Crippen LogP contribution is -2.30. The number of hydrogen-bond donors (Lipinski definition) is 1. The molecule has 0 saturated carbocycles. The maximum atomic E-state index is 6.30. The summed E-state index contributed by atoms with van der Waals surface area (Å²) < 4.78 is 5.62. The average molecular weight is 361 g/mol. The van der Waals surface area contributed by atoms with Crippen LogP contribution in [0, 0.1) is 5.92 Å². The molecule has 6 heteroatoms. The van der Waals surface area contributed by atoms with E-state index in [2.05, 4.69) is 27.0 Å². The second kappa shape index (κ2) is 6.87. The molecule has 3 aromatic rings. The maximum absolute atomic E-state index is 6.30. The van der Waals surface area contributed by atoms with Gasteiger partial charge < -0.3 is 10.5 Å². The molecule has 0 amide bonds. The number of nitrogen functional groups attached to an aromatic ring is 1. The first-order valence-corrected chi connectivity index (χ1v) is 9.57. The quantitative estimate of drug-likeness (QED) is 0.773. The molecule has 138 valence electrons. The zero-order valence-corrected chi connectivity index (χ0v) is 15.3. The standard InChI is InChI=1S/C21H23N5O/c22-20-17-11-26(10-14-4-3-7-27-13-14)12-19(17)24-21(25-20)16-8-15-5-1-2-6-18(15)23-9-16/h1-2,5-6,8-9,14H,3-4,7,10-13H2,(H2,22,24,25). The molecule has 0 radical (unpaired) electrons. The van der Waals surface area contributed by atoms with Crippen LogP contribution in [-0.2, 0) is 17.8 Å². The molecule has 27 heavy (non-hydrogen) atoms. The maximum Gasteiger partial charge on any atom is 0.163 e. The SMILES string of the molecule is Nc1nc(-c2cnc3ccccc3c2)nc2c1CN(CC1CCCOC1)C2. The summed E-state index contributed by atoms with van der Waals surface area (Å²) in [5.41, 5.74) is 10.3. The number of hydrogen-bond acceptors (Lipinski definition) is 6. The minimum Gasteiger partial charge on any atom is -0.383 e. The fourth-order valence-corrected chi connectivity index (χ4v) is 4.11. The molecule has 5 rings (SSSR count). The van der Waals surface area contributed by atoms with Crippen molar-refractivity contribution in [3.8, 4) is 11.4 Å². The summed E-state index contributed by atoms with van der Waals surface area (Å²) in [7, 11) is 0. The highest BCUT2D eigenvalue weighted by atomic mass is 16.5. The Morgan fingerprint density at radius 1 is 1.19 bits per heavy atom. The fourth-order valence-electron chi connectivity index (χ4n) is 4.11. The van der Waals surface area contributed by atoms with E-state index in [-0.39, 0.29) is 0 Å². The molecular formula is C21H23N5O. The smallest absolute Gasteiger partial charge is 0.163 e. The predicted octanol–water partition coefficient (Wildman–Crippen LogP) is 3.02. The van der Waals surface area contributed by atoms with Gasteiger partial charge in [0.05, 0.1) is 17.8 Å². The van der Waals surface area contributed by atoms with Crippen molar-refractivity contribution in [2.75, 3.05) is 25.5 Å². The number of ether oxygens (including phenoxy) is 1. The topological polar surface area (TPSA) is 77.2 Å². The third-order valence-electron chi connectivity index (χ3n) is 5.50. The molecule has 1 atom stereocenters. The van der Waals surface area contributed by atoms with Crippen LogP contribution in [0.3, 0.4) is 0 Å². The minimum atomic E-state index is 0.588. The summed E-state index contributed by atoms with van der Waals surface area (Å²) in [5.74, 6) is 1.85. The Kier molecular flexibility index (Phi) is 4.22. The molecule has 1 unspecified atom stereocenters. The number of nitrogens with zero attached hydrogens (tertiary/aromatic N) is 4.